The number of nitrogens with one attached hydrogen (secondary N) is 1. The fraction of sp³-hybridized carbons (Fsp3) is 0.282. The second-order valence-corrected chi connectivity index (χ2v) is 12.0. The van der Waals surface area contributed by atoms with Crippen LogP contribution in [-0.4, -0.2) is 45.9 Å². The number of aromatic nitrogens is 2. The highest BCUT2D eigenvalue weighted by molar-refractivity contribution is 7.77. The van der Waals surface area contributed by atoms with Crippen molar-refractivity contribution in [2.75, 3.05) is 14.1 Å². The highest BCUT2D eigenvalue weighted by Gasteiger charge is 2.37. The lowest BCUT2D eigenvalue weighted by Gasteiger charge is -2.33. The number of para-hydroxylation sites is 2. The van der Waals surface area contributed by atoms with E-state index < -0.39 is 0 Å². The second kappa shape index (κ2) is 14.0. The van der Waals surface area contributed by atoms with Gasteiger partial charge in [-0.3, -0.25) is 4.79 Å². The number of thiocarbonyl (C=S) groups is 1. The van der Waals surface area contributed by atoms with Crippen LogP contribution in [0.25, 0.3) is 49.7 Å². The van der Waals surface area contributed by atoms with E-state index in [9.17, 15) is 9.18 Å². The van der Waals surface area contributed by atoms with Crippen LogP contribution in [0, 0.1) is 5.82 Å². The summed E-state index contributed by atoms with van der Waals surface area (Å²) in [7, 11) is 4.39. The number of rotatable bonds is 3. The Morgan fingerprint density at radius 3 is 2.15 bits per heavy atom. The van der Waals surface area contributed by atoms with Crippen molar-refractivity contribution >= 4 is 73.7 Å². The van der Waals surface area contributed by atoms with Crippen LogP contribution in [0.5, 0.6) is 0 Å². The lowest BCUT2D eigenvalue weighted by Crippen LogP contribution is -2.38. The zero-order valence-corrected chi connectivity index (χ0v) is 28.3. The third-order valence-electron chi connectivity index (χ3n) is 8.92. The van der Waals surface area contributed by atoms with Gasteiger partial charge >= 0.3 is 0 Å². The normalized spacial score (nSPS) is 16.3. The summed E-state index contributed by atoms with van der Waals surface area (Å²) in [5, 5.41) is 7.95. The van der Waals surface area contributed by atoms with Gasteiger partial charge in [-0.05, 0) is 61.8 Å². The molecule has 0 saturated heterocycles. The van der Waals surface area contributed by atoms with Crippen molar-refractivity contribution in [2.45, 2.75) is 58.8 Å². The summed E-state index contributed by atoms with van der Waals surface area (Å²) in [5.41, 5.74) is 7.86. The molecule has 0 spiro atoms. The lowest BCUT2D eigenvalue weighted by molar-refractivity contribution is 0.0967. The zero-order chi connectivity index (χ0) is 33.1. The Bertz CT molecular complexity index is 2060. The van der Waals surface area contributed by atoms with E-state index in [4.69, 9.17) is 0 Å². The molecule has 2 aromatic heterocycles. The van der Waals surface area contributed by atoms with Crippen LogP contribution in [-0.2, 0) is 13.1 Å². The minimum atomic E-state index is -0.215. The molecule has 2 aliphatic heterocycles. The number of carbonyl (C=O) groups excluding carboxylic acids is 1. The molecule has 4 heterocycles. The Kier molecular flexibility index (Phi) is 10.0. The van der Waals surface area contributed by atoms with E-state index in [0.29, 0.717) is 18.6 Å². The van der Waals surface area contributed by atoms with E-state index >= 15 is 0 Å². The average molecular weight is 635 g/mol. The maximum atomic E-state index is 13.2. The molecular formula is C39H43FN4OS. The molecule has 1 N–H and O–H groups in total. The Morgan fingerprint density at radius 2 is 1.57 bits per heavy atom. The molecule has 5 nitrogen and oxygen atoms in total. The Labute approximate surface area is 276 Å². The summed E-state index contributed by atoms with van der Waals surface area (Å²) in [6, 6.07) is 24.4. The number of hydrogen-bond acceptors (Lipinski definition) is 3. The first-order valence-corrected chi connectivity index (χ1v) is 16.5. The van der Waals surface area contributed by atoms with Crippen LogP contribution in [0.4, 0.5) is 4.39 Å². The maximum Gasteiger partial charge on any atom is 0.252 e. The third-order valence-corrected chi connectivity index (χ3v) is 8.92. The molecule has 0 aliphatic carbocycles. The highest BCUT2D eigenvalue weighted by Crippen LogP contribution is 2.48. The average Bonchev–Trinajstić information content (AvgIpc) is 3.69. The van der Waals surface area contributed by atoms with Crippen molar-refractivity contribution < 1.29 is 9.18 Å². The molecule has 46 heavy (non-hydrogen) atoms. The molecule has 0 radical (unpaired) electrons. The smallest absolute Gasteiger partial charge is 0.252 e. The monoisotopic (exact) mass is 634 g/mol. The van der Waals surface area contributed by atoms with Gasteiger partial charge in [0.15, 0.2) is 0 Å². The van der Waals surface area contributed by atoms with Gasteiger partial charge in [0.05, 0.1) is 22.6 Å². The van der Waals surface area contributed by atoms with Crippen LogP contribution in [0.1, 0.15) is 61.1 Å². The summed E-state index contributed by atoms with van der Waals surface area (Å²) >= 11 is 3.83. The van der Waals surface area contributed by atoms with Crippen LogP contribution >= 0.6 is 12.2 Å². The van der Waals surface area contributed by atoms with Crippen molar-refractivity contribution in [1.82, 2.24) is 19.4 Å². The number of halogens is 1. The first kappa shape index (κ1) is 33.0. The molecule has 7 heteroatoms. The van der Waals surface area contributed by atoms with Crippen LogP contribution in [0.15, 0.2) is 79.4 Å². The molecule has 0 saturated carbocycles. The van der Waals surface area contributed by atoms with Crippen molar-refractivity contribution in [1.29, 1.82) is 0 Å². The fourth-order valence-corrected chi connectivity index (χ4v) is 7.18. The summed E-state index contributed by atoms with van der Waals surface area (Å²) < 4.78 is 17.4. The lowest BCUT2D eigenvalue weighted by atomic mass is 9.97. The number of nitrogens with zero attached hydrogens (tertiary/aromatic N) is 3. The molecular weight excluding hydrogens is 592 g/mol. The van der Waals surface area contributed by atoms with Gasteiger partial charge in [0.1, 0.15) is 5.82 Å². The molecule has 2 aliphatic rings. The summed E-state index contributed by atoms with van der Waals surface area (Å²) in [6.45, 7) is 11.6. The molecule has 238 valence electrons. The fourth-order valence-electron chi connectivity index (χ4n) is 7.18. The predicted molar refractivity (Wildman–Crippen MR) is 198 cm³/mol. The molecule has 2 atom stereocenters. The van der Waals surface area contributed by atoms with E-state index in [2.05, 4.69) is 127 Å². The number of likely N-dealkylation sites (N-methyl/N-ethyl adjacent to an activating group) is 1. The first-order chi connectivity index (χ1) is 22.4. The number of fused-ring (bicyclic) bond motifs is 9. The van der Waals surface area contributed by atoms with Gasteiger partial charge in [-0.2, -0.15) is 0 Å². The van der Waals surface area contributed by atoms with E-state index in [1.807, 2.05) is 0 Å². The first-order valence-electron chi connectivity index (χ1n) is 16.0. The number of hydrogen-bond donors (Lipinski definition) is 1. The largest absolute Gasteiger partial charge is 0.348 e. The van der Waals surface area contributed by atoms with Gasteiger partial charge in [-0.15, -0.1) is 0 Å². The minimum absolute atomic E-state index is 0.0575. The van der Waals surface area contributed by atoms with Gasteiger partial charge in [-0.25, -0.2) is 4.39 Å². The van der Waals surface area contributed by atoms with E-state index in [-0.39, 0.29) is 11.7 Å². The summed E-state index contributed by atoms with van der Waals surface area (Å²) in [4.78, 5) is 15.6. The maximum absolute atomic E-state index is 13.2. The van der Waals surface area contributed by atoms with E-state index in [1.54, 1.807) is 18.2 Å². The summed E-state index contributed by atoms with van der Waals surface area (Å²) in [5.74, 6) is 2.68. The van der Waals surface area contributed by atoms with Gasteiger partial charge < -0.3 is 19.4 Å². The molecule has 0 bridgehead atoms. The highest BCUT2D eigenvalue weighted by atomic mass is 32.1. The molecule has 4 aromatic carbocycles. The topological polar surface area (TPSA) is 42.2 Å². The quantitative estimate of drug-likeness (QED) is 0.197. The van der Waals surface area contributed by atoms with Crippen molar-refractivity contribution in [3.8, 4) is 0 Å². The van der Waals surface area contributed by atoms with Crippen LogP contribution in [0.3, 0.4) is 0 Å². The molecule has 2 unspecified atom stereocenters. The van der Waals surface area contributed by atoms with Crippen molar-refractivity contribution in [3.63, 3.8) is 0 Å². The SMILES string of the molecule is C=Cc1cccc(F)c1.C=S.CCC.CCC1C(N(C)C)Cn2c3ccccc3c3c4c(c5c6ccccc6n1c5c32)CNC4=O. The van der Waals surface area contributed by atoms with Crippen LogP contribution < -0.4 is 5.32 Å². The van der Waals surface area contributed by atoms with Gasteiger partial charge in [0, 0.05) is 51.7 Å². The van der Waals surface area contributed by atoms with Crippen molar-refractivity contribution in [2.24, 2.45) is 0 Å². The van der Waals surface area contributed by atoms with Gasteiger partial charge in [0.25, 0.3) is 5.91 Å². The minimum Gasteiger partial charge on any atom is -0.348 e. The van der Waals surface area contributed by atoms with Crippen LogP contribution in [0.2, 0.25) is 0 Å². The molecule has 0 fully saturated rings. The molecule has 1 amide bonds. The van der Waals surface area contributed by atoms with Gasteiger partial charge in [-0.1, -0.05) is 101 Å². The predicted octanol–water partition coefficient (Wildman–Crippen LogP) is 9.54. The Balaban J connectivity index is 0.000000252. The zero-order valence-electron chi connectivity index (χ0n) is 27.4. The third kappa shape index (κ3) is 5.41. The van der Waals surface area contributed by atoms with E-state index in [0.717, 1.165) is 35.0 Å². The van der Waals surface area contributed by atoms with Gasteiger partial charge in [0.2, 0.25) is 0 Å². The standard InChI is InChI=1S/C27H26N4O.C8H7F.C3H8.CH2S/c1-4-18-21(29(2)3)14-30-19-11-7-5-9-15(19)23-24-17(13-28-27(24)32)22-16-10-6-8-12-20(16)31(18)26(22)25(23)30;1-2-7-4-3-5-8(9)6-7;1-3-2;1-2/h5-12,18,21H,4,13-14H2,1-3H3,(H,28,32);2-6H,1H2;3H2,1-2H3;1H2. The Hall–Kier alpha value is -4.33. The number of benzene rings is 4. The summed E-state index contributed by atoms with van der Waals surface area (Å²) in [6.07, 6.45) is 3.91. The number of carbonyl (C=O) groups is 1. The van der Waals surface area contributed by atoms with Crippen molar-refractivity contribution in [3.05, 3.63) is 102 Å². The van der Waals surface area contributed by atoms with E-state index in [1.165, 1.54) is 56.8 Å². The number of amides is 1. The Morgan fingerprint density at radius 1 is 0.935 bits per heavy atom. The molecule has 6 aromatic rings. The molecule has 8 rings (SSSR count). The second-order valence-electron chi connectivity index (χ2n) is 12.0.